The van der Waals surface area contributed by atoms with Gasteiger partial charge < -0.3 is 20.3 Å². The van der Waals surface area contributed by atoms with Crippen molar-refractivity contribution in [2.45, 2.75) is 52.3 Å². The van der Waals surface area contributed by atoms with Crippen molar-refractivity contribution in [3.05, 3.63) is 36.0 Å². The minimum Gasteiger partial charge on any atom is -0.481 e. The number of methoxy groups -OCH3 is 1. The fourth-order valence-corrected chi connectivity index (χ4v) is 3.19. The number of benzene rings is 1. The van der Waals surface area contributed by atoms with Gasteiger partial charge in [-0.25, -0.2) is 4.68 Å². The van der Waals surface area contributed by atoms with Crippen LogP contribution in [-0.2, 0) is 27.3 Å². The van der Waals surface area contributed by atoms with E-state index >= 15 is 0 Å². The first-order chi connectivity index (χ1) is 14.2. The van der Waals surface area contributed by atoms with Crippen LogP contribution in [0.3, 0.4) is 0 Å². The van der Waals surface area contributed by atoms with Crippen LogP contribution in [-0.4, -0.2) is 62.9 Å². The zero-order chi connectivity index (χ0) is 22.3. The number of nitrogens with one attached hydrogen (secondary N) is 1. The third-order valence-electron chi connectivity index (χ3n) is 5.05. The maximum absolute atomic E-state index is 12.5. The van der Waals surface area contributed by atoms with E-state index in [1.807, 2.05) is 31.2 Å². The molecule has 3 N–H and O–H groups in total. The van der Waals surface area contributed by atoms with Crippen molar-refractivity contribution < 1.29 is 24.5 Å². The molecule has 1 unspecified atom stereocenters. The smallest absolute Gasteiger partial charge is 0.311 e. The van der Waals surface area contributed by atoms with E-state index in [1.54, 1.807) is 20.0 Å². The molecule has 0 aliphatic rings. The lowest BCUT2D eigenvalue weighted by Gasteiger charge is -2.30. The number of carboxylic acids is 1. The molecule has 0 fully saturated rings. The number of aliphatic hydroxyl groups is 1. The largest absolute Gasteiger partial charge is 0.481 e. The number of nitrogens with zero attached hydrogens (tertiary/aromatic N) is 3. The number of aliphatic hydroxyl groups excluding tert-OH is 1. The first-order valence-corrected chi connectivity index (χ1v) is 9.86. The molecule has 9 nitrogen and oxygen atoms in total. The van der Waals surface area contributed by atoms with Crippen LogP contribution in [0.15, 0.2) is 30.5 Å². The first kappa shape index (κ1) is 23.5. The number of ether oxygens (including phenoxy) is 1. The van der Waals surface area contributed by atoms with Crippen molar-refractivity contribution >= 4 is 11.9 Å². The highest BCUT2D eigenvalue weighted by Gasteiger charge is 2.36. The van der Waals surface area contributed by atoms with E-state index in [2.05, 4.69) is 15.6 Å². The Kier molecular flexibility index (Phi) is 8.08. The van der Waals surface area contributed by atoms with Gasteiger partial charge in [-0.2, -0.15) is 0 Å². The molecule has 30 heavy (non-hydrogen) atoms. The molecule has 1 aromatic heterocycles. The normalized spacial score (nSPS) is 13.6. The molecule has 0 saturated heterocycles. The topological polar surface area (TPSA) is 127 Å². The zero-order valence-electron chi connectivity index (χ0n) is 17.8. The number of aromatic nitrogens is 3. The van der Waals surface area contributed by atoms with Gasteiger partial charge in [0, 0.05) is 18.7 Å². The molecule has 2 atom stereocenters. The molecule has 0 spiro atoms. The van der Waals surface area contributed by atoms with Crippen molar-refractivity contribution in [3.63, 3.8) is 0 Å². The van der Waals surface area contributed by atoms with Crippen LogP contribution in [0.5, 0.6) is 0 Å². The Hall–Kier alpha value is -2.78. The van der Waals surface area contributed by atoms with Gasteiger partial charge in [0.15, 0.2) is 0 Å². The van der Waals surface area contributed by atoms with Gasteiger partial charge in [0.1, 0.15) is 5.69 Å². The summed E-state index contributed by atoms with van der Waals surface area (Å²) in [7, 11) is 1.52. The van der Waals surface area contributed by atoms with E-state index in [0.29, 0.717) is 12.1 Å². The van der Waals surface area contributed by atoms with E-state index in [9.17, 15) is 19.8 Å². The van der Waals surface area contributed by atoms with E-state index in [4.69, 9.17) is 4.74 Å². The van der Waals surface area contributed by atoms with Crippen molar-refractivity contribution in [2.75, 3.05) is 13.7 Å². The molecule has 164 valence electrons. The number of carbonyl (C=O) groups is 2. The number of aliphatic carboxylic acids is 1. The number of amides is 1. The lowest BCUT2D eigenvalue weighted by Crippen LogP contribution is -2.49. The van der Waals surface area contributed by atoms with Crippen LogP contribution >= 0.6 is 0 Å². The Balaban J connectivity index is 2.06. The van der Waals surface area contributed by atoms with Gasteiger partial charge in [-0.15, -0.1) is 5.10 Å². The van der Waals surface area contributed by atoms with Gasteiger partial charge in [0.2, 0.25) is 5.91 Å². The molecule has 2 rings (SSSR count). The number of carbonyl (C=O) groups excluding carboxylic acids is 1. The summed E-state index contributed by atoms with van der Waals surface area (Å²) in [6, 6.07) is 6.91. The summed E-state index contributed by atoms with van der Waals surface area (Å²) < 4.78 is 6.45. The summed E-state index contributed by atoms with van der Waals surface area (Å²) in [6.07, 6.45) is 1.69. The minimum atomic E-state index is -1.06. The van der Waals surface area contributed by atoms with Crippen molar-refractivity contribution in [1.29, 1.82) is 0 Å². The highest BCUT2D eigenvalue weighted by atomic mass is 16.5. The molecular formula is C21H30N4O5. The molecule has 0 aliphatic heterocycles. The number of hydrogen-bond donors (Lipinski definition) is 3. The summed E-state index contributed by atoms with van der Waals surface area (Å²) in [5, 5.41) is 30.2. The Bertz CT molecular complexity index is 865. The van der Waals surface area contributed by atoms with E-state index in [0.717, 1.165) is 11.1 Å². The summed E-state index contributed by atoms with van der Waals surface area (Å²) in [6.45, 7) is 5.54. The van der Waals surface area contributed by atoms with Gasteiger partial charge in [0.25, 0.3) is 0 Å². The van der Waals surface area contributed by atoms with Crippen LogP contribution in [0.4, 0.5) is 0 Å². The maximum atomic E-state index is 12.5. The maximum Gasteiger partial charge on any atom is 0.311 e. The minimum absolute atomic E-state index is 0.126. The van der Waals surface area contributed by atoms with Crippen LogP contribution in [0, 0.1) is 5.41 Å². The molecule has 1 amide bonds. The SMILES string of the molecule is CCC(NC(=O)Cc1cccc(-c2cn(C[C@H](O)COC)nn2)c1)C(C)(C)C(=O)O. The van der Waals surface area contributed by atoms with Crippen molar-refractivity contribution in [3.8, 4) is 11.3 Å². The Morgan fingerprint density at radius 3 is 2.70 bits per heavy atom. The zero-order valence-corrected chi connectivity index (χ0v) is 17.8. The summed E-state index contributed by atoms with van der Waals surface area (Å²) in [4.78, 5) is 24.0. The number of carboxylic acid groups (broad SMARTS) is 1. The van der Waals surface area contributed by atoms with Gasteiger partial charge in [-0.1, -0.05) is 30.3 Å². The van der Waals surface area contributed by atoms with Crippen molar-refractivity contribution in [1.82, 2.24) is 20.3 Å². The fraction of sp³-hybridized carbons (Fsp3) is 0.524. The second-order valence-corrected chi connectivity index (χ2v) is 7.87. The molecule has 0 saturated carbocycles. The number of rotatable bonds is 11. The predicted molar refractivity (Wildman–Crippen MR) is 111 cm³/mol. The van der Waals surface area contributed by atoms with E-state index in [-0.39, 0.29) is 25.5 Å². The van der Waals surface area contributed by atoms with Gasteiger partial charge in [-0.05, 0) is 31.9 Å². The molecule has 1 heterocycles. The monoisotopic (exact) mass is 418 g/mol. The van der Waals surface area contributed by atoms with Crippen molar-refractivity contribution in [2.24, 2.45) is 5.41 Å². The molecule has 0 aliphatic carbocycles. The summed E-state index contributed by atoms with van der Waals surface area (Å²) in [5.41, 5.74) is 1.14. The quantitative estimate of drug-likeness (QED) is 0.505. The molecular weight excluding hydrogens is 388 g/mol. The Morgan fingerprint density at radius 1 is 1.33 bits per heavy atom. The second-order valence-electron chi connectivity index (χ2n) is 7.87. The average molecular weight is 418 g/mol. The Labute approximate surface area is 176 Å². The highest BCUT2D eigenvalue weighted by molar-refractivity contribution is 5.81. The highest BCUT2D eigenvalue weighted by Crippen LogP contribution is 2.24. The van der Waals surface area contributed by atoms with Gasteiger partial charge >= 0.3 is 5.97 Å². The van der Waals surface area contributed by atoms with E-state index in [1.165, 1.54) is 11.8 Å². The molecule has 9 heteroatoms. The van der Waals surface area contributed by atoms with Crippen LogP contribution in [0.2, 0.25) is 0 Å². The lowest BCUT2D eigenvalue weighted by molar-refractivity contribution is -0.149. The summed E-state index contributed by atoms with van der Waals surface area (Å²) in [5.74, 6) is -1.19. The molecule has 0 radical (unpaired) electrons. The fourth-order valence-electron chi connectivity index (χ4n) is 3.19. The predicted octanol–water partition coefficient (Wildman–Crippen LogP) is 1.50. The molecule has 0 bridgehead atoms. The van der Waals surface area contributed by atoms with Crippen LogP contribution in [0.1, 0.15) is 32.8 Å². The molecule has 1 aromatic carbocycles. The van der Waals surface area contributed by atoms with Crippen LogP contribution in [0.25, 0.3) is 11.3 Å². The standard InChI is InChI=1S/C21H30N4O5/c1-5-18(21(2,3)20(28)29)22-19(27)10-14-7-6-8-15(9-14)17-12-25(24-23-17)11-16(26)13-30-4/h6-9,12,16,18,26H,5,10-11,13H2,1-4H3,(H,22,27)(H,28,29)/t16-,18?/m0/s1. The van der Waals surface area contributed by atoms with E-state index < -0.39 is 23.5 Å². The van der Waals surface area contributed by atoms with Gasteiger partial charge in [-0.3, -0.25) is 9.59 Å². The third-order valence-corrected chi connectivity index (χ3v) is 5.05. The second kappa shape index (κ2) is 10.3. The van der Waals surface area contributed by atoms with Gasteiger partial charge in [0.05, 0.1) is 37.3 Å². The summed E-state index contributed by atoms with van der Waals surface area (Å²) >= 11 is 0. The Morgan fingerprint density at radius 2 is 2.07 bits per heavy atom. The average Bonchev–Trinajstić information content (AvgIpc) is 3.14. The number of hydrogen-bond acceptors (Lipinski definition) is 6. The van der Waals surface area contributed by atoms with Crippen LogP contribution < -0.4 is 5.32 Å². The molecule has 2 aromatic rings. The third kappa shape index (κ3) is 6.11. The first-order valence-electron chi connectivity index (χ1n) is 9.86. The lowest BCUT2D eigenvalue weighted by atomic mass is 9.83.